The predicted octanol–water partition coefficient (Wildman–Crippen LogP) is 4.70. The lowest BCUT2D eigenvalue weighted by molar-refractivity contribution is 0.397. The van der Waals surface area contributed by atoms with E-state index in [0.29, 0.717) is 0 Å². The zero-order valence-corrected chi connectivity index (χ0v) is 9.53. The van der Waals surface area contributed by atoms with Gasteiger partial charge in [-0.15, -0.1) is 0 Å². The Balaban J connectivity index is 2.37. The highest BCUT2D eigenvalue weighted by molar-refractivity contribution is 5.21. The second kappa shape index (κ2) is 5.47. The van der Waals surface area contributed by atoms with E-state index in [1.807, 2.05) is 5.57 Å². The molecule has 1 aliphatic carbocycles. The molecule has 0 saturated heterocycles. The molecule has 0 aromatic carbocycles. The van der Waals surface area contributed by atoms with Crippen molar-refractivity contribution < 1.29 is 0 Å². The summed E-state index contributed by atoms with van der Waals surface area (Å²) in [6.45, 7) is 6.92. The minimum Gasteiger partial charge on any atom is -0.0713 e. The van der Waals surface area contributed by atoms with Gasteiger partial charge in [0.2, 0.25) is 0 Å². The molecule has 1 aliphatic rings. The Labute approximate surface area is 83.4 Å². The highest BCUT2D eigenvalue weighted by atomic mass is 14.3. The molecule has 0 bridgehead atoms. The second-order valence-electron chi connectivity index (χ2n) is 4.35. The van der Waals surface area contributed by atoms with Crippen LogP contribution >= 0.6 is 0 Å². The monoisotopic (exact) mass is 180 g/mol. The maximum Gasteiger partial charge on any atom is -0.0286 e. The molecule has 1 saturated carbocycles. The molecule has 0 heterocycles. The largest absolute Gasteiger partial charge is 0.0713 e. The minimum absolute atomic E-state index is 1.03. The first-order chi connectivity index (χ1) is 6.31. The fraction of sp³-hybridized carbons (Fsp3) is 0.846. The fourth-order valence-corrected chi connectivity index (χ4v) is 2.21. The van der Waals surface area contributed by atoms with E-state index < -0.39 is 0 Å². The molecule has 13 heavy (non-hydrogen) atoms. The summed E-state index contributed by atoms with van der Waals surface area (Å²) in [7, 11) is 0. The van der Waals surface area contributed by atoms with Gasteiger partial charge in [0.15, 0.2) is 0 Å². The van der Waals surface area contributed by atoms with Gasteiger partial charge in [-0.3, -0.25) is 0 Å². The molecule has 76 valence electrons. The van der Waals surface area contributed by atoms with Crippen molar-refractivity contribution >= 4 is 0 Å². The standard InChI is InChI=1S/C13H24/c1-4-7-8-12(6-3)13-9-11(5-2)10-13/h11H,4-10H2,1-3H3. The van der Waals surface area contributed by atoms with Crippen LogP contribution in [-0.4, -0.2) is 0 Å². The van der Waals surface area contributed by atoms with E-state index in [4.69, 9.17) is 0 Å². The van der Waals surface area contributed by atoms with Crippen molar-refractivity contribution in [3.63, 3.8) is 0 Å². The van der Waals surface area contributed by atoms with E-state index in [1.165, 1.54) is 44.9 Å². The number of hydrogen-bond donors (Lipinski definition) is 0. The van der Waals surface area contributed by atoms with Crippen molar-refractivity contribution in [2.45, 2.75) is 65.7 Å². The lowest BCUT2D eigenvalue weighted by atomic mass is 9.75. The molecular formula is C13H24. The Morgan fingerprint density at radius 2 is 1.92 bits per heavy atom. The van der Waals surface area contributed by atoms with Crippen LogP contribution in [0.25, 0.3) is 0 Å². The van der Waals surface area contributed by atoms with Crippen LogP contribution in [0.4, 0.5) is 0 Å². The van der Waals surface area contributed by atoms with E-state index in [1.54, 1.807) is 5.57 Å². The molecule has 0 N–H and O–H groups in total. The van der Waals surface area contributed by atoms with E-state index in [0.717, 1.165) is 5.92 Å². The number of unbranched alkanes of at least 4 members (excludes halogenated alkanes) is 1. The summed E-state index contributed by atoms with van der Waals surface area (Å²) in [5.74, 6) is 1.03. The van der Waals surface area contributed by atoms with Crippen molar-refractivity contribution in [1.82, 2.24) is 0 Å². The van der Waals surface area contributed by atoms with Gasteiger partial charge in [0, 0.05) is 0 Å². The topological polar surface area (TPSA) is 0 Å². The molecule has 0 atom stereocenters. The molecule has 0 aromatic heterocycles. The van der Waals surface area contributed by atoms with Crippen molar-refractivity contribution in [1.29, 1.82) is 0 Å². The fourth-order valence-electron chi connectivity index (χ4n) is 2.21. The average Bonchev–Trinajstić information content (AvgIpc) is 2.08. The van der Waals surface area contributed by atoms with Crippen molar-refractivity contribution in [2.24, 2.45) is 5.92 Å². The Morgan fingerprint density at radius 3 is 2.38 bits per heavy atom. The third kappa shape index (κ3) is 2.86. The summed E-state index contributed by atoms with van der Waals surface area (Å²) in [5, 5.41) is 0. The van der Waals surface area contributed by atoms with Gasteiger partial charge in [-0.2, -0.15) is 0 Å². The number of rotatable bonds is 5. The van der Waals surface area contributed by atoms with E-state index in [2.05, 4.69) is 20.8 Å². The van der Waals surface area contributed by atoms with Crippen LogP contribution < -0.4 is 0 Å². The van der Waals surface area contributed by atoms with Gasteiger partial charge in [-0.25, -0.2) is 0 Å². The summed E-state index contributed by atoms with van der Waals surface area (Å²) in [6, 6.07) is 0. The summed E-state index contributed by atoms with van der Waals surface area (Å²) in [6.07, 6.45) is 9.63. The molecule has 0 amide bonds. The van der Waals surface area contributed by atoms with Gasteiger partial charge >= 0.3 is 0 Å². The molecule has 0 nitrogen and oxygen atoms in total. The lowest BCUT2D eigenvalue weighted by Gasteiger charge is -2.31. The van der Waals surface area contributed by atoms with Gasteiger partial charge in [-0.1, -0.05) is 44.8 Å². The zero-order valence-electron chi connectivity index (χ0n) is 9.53. The van der Waals surface area contributed by atoms with Crippen molar-refractivity contribution in [3.8, 4) is 0 Å². The van der Waals surface area contributed by atoms with Crippen LogP contribution in [0, 0.1) is 5.92 Å². The Bertz CT molecular complexity index is 168. The summed E-state index contributed by atoms with van der Waals surface area (Å²) >= 11 is 0. The molecule has 0 radical (unpaired) electrons. The third-order valence-electron chi connectivity index (χ3n) is 3.41. The molecule has 0 aliphatic heterocycles. The third-order valence-corrected chi connectivity index (χ3v) is 3.41. The zero-order chi connectivity index (χ0) is 9.68. The molecule has 1 rings (SSSR count). The smallest absolute Gasteiger partial charge is 0.0286 e. The average molecular weight is 180 g/mol. The van der Waals surface area contributed by atoms with Crippen LogP contribution in [0.2, 0.25) is 0 Å². The second-order valence-corrected chi connectivity index (χ2v) is 4.35. The SMILES string of the molecule is CCCCC(CC)=C1CC(CC)C1. The van der Waals surface area contributed by atoms with Crippen molar-refractivity contribution in [2.75, 3.05) is 0 Å². The van der Waals surface area contributed by atoms with Gasteiger partial charge in [0.05, 0.1) is 0 Å². The van der Waals surface area contributed by atoms with E-state index in [-0.39, 0.29) is 0 Å². The summed E-state index contributed by atoms with van der Waals surface area (Å²) in [4.78, 5) is 0. The molecule has 0 spiro atoms. The van der Waals surface area contributed by atoms with Gasteiger partial charge in [-0.05, 0) is 38.0 Å². The van der Waals surface area contributed by atoms with Gasteiger partial charge in [0.25, 0.3) is 0 Å². The first kappa shape index (κ1) is 10.8. The summed E-state index contributed by atoms with van der Waals surface area (Å²) in [5.41, 5.74) is 3.59. The molecule has 0 unspecified atom stereocenters. The van der Waals surface area contributed by atoms with Gasteiger partial charge < -0.3 is 0 Å². The van der Waals surface area contributed by atoms with Crippen LogP contribution in [-0.2, 0) is 0 Å². The quantitative estimate of drug-likeness (QED) is 0.538. The number of hydrogen-bond acceptors (Lipinski definition) is 0. The van der Waals surface area contributed by atoms with Gasteiger partial charge in [0.1, 0.15) is 0 Å². The minimum atomic E-state index is 1.03. The molecule has 1 fully saturated rings. The molecule has 0 aromatic rings. The van der Waals surface area contributed by atoms with Crippen LogP contribution in [0.5, 0.6) is 0 Å². The Morgan fingerprint density at radius 1 is 1.23 bits per heavy atom. The maximum absolute atomic E-state index is 2.32. The highest BCUT2D eigenvalue weighted by Crippen LogP contribution is 2.39. The Hall–Kier alpha value is -0.260. The molecule has 0 heteroatoms. The predicted molar refractivity (Wildman–Crippen MR) is 59.9 cm³/mol. The van der Waals surface area contributed by atoms with Crippen LogP contribution in [0.3, 0.4) is 0 Å². The maximum atomic E-state index is 2.32. The van der Waals surface area contributed by atoms with Crippen LogP contribution in [0.15, 0.2) is 11.1 Å². The van der Waals surface area contributed by atoms with E-state index in [9.17, 15) is 0 Å². The lowest BCUT2D eigenvalue weighted by Crippen LogP contribution is -2.15. The number of allylic oxidation sites excluding steroid dienone is 2. The van der Waals surface area contributed by atoms with Crippen molar-refractivity contribution in [3.05, 3.63) is 11.1 Å². The highest BCUT2D eigenvalue weighted by Gasteiger charge is 2.23. The summed E-state index contributed by atoms with van der Waals surface area (Å²) < 4.78 is 0. The molecular weight excluding hydrogens is 156 g/mol. The Kier molecular flexibility index (Phi) is 4.55. The first-order valence-electron chi connectivity index (χ1n) is 6.01. The van der Waals surface area contributed by atoms with Crippen LogP contribution in [0.1, 0.15) is 65.7 Å². The van der Waals surface area contributed by atoms with E-state index >= 15 is 0 Å². The normalized spacial score (nSPS) is 21.5. The first-order valence-corrected chi connectivity index (χ1v) is 6.01.